The Bertz CT molecular complexity index is 912. The third kappa shape index (κ3) is 3.93. The molecule has 0 bridgehead atoms. The van der Waals surface area contributed by atoms with Crippen molar-refractivity contribution in [3.8, 4) is 10.7 Å². The van der Waals surface area contributed by atoms with E-state index in [0.717, 1.165) is 22.8 Å². The molecule has 128 valence electrons. The fraction of sp³-hybridized carbons (Fsp3) is 0.133. The van der Waals surface area contributed by atoms with Gasteiger partial charge in [0.1, 0.15) is 16.5 Å². The first-order chi connectivity index (χ1) is 11.9. The van der Waals surface area contributed by atoms with E-state index < -0.39 is 18.8 Å². The number of thiazole rings is 1. The highest BCUT2D eigenvalue weighted by Crippen LogP contribution is 2.21. The molecule has 25 heavy (non-hydrogen) atoms. The van der Waals surface area contributed by atoms with E-state index in [9.17, 15) is 9.18 Å². The summed E-state index contributed by atoms with van der Waals surface area (Å²) in [4.78, 5) is 16.5. The maximum Gasteiger partial charge on any atom is 0.488 e. The first-order valence-electron chi connectivity index (χ1n) is 7.32. The lowest BCUT2D eigenvalue weighted by Crippen LogP contribution is -2.32. The van der Waals surface area contributed by atoms with Gasteiger partial charge in [-0.2, -0.15) is 5.10 Å². The molecule has 0 unspecified atom stereocenters. The number of hydrogen-bond acceptors (Lipinski definition) is 6. The summed E-state index contributed by atoms with van der Waals surface area (Å²) >= 11 is 1.39. The van der Waals surface area contributed by atoms with Gasteiger partial charge in [-0.1, -0.05) is 6.07 Å². The number of carbonyl (C=O) groups excluding carboxylic acids is 1. The predicted octanol–water partition coefficient (Wildman–Crippen LogP) is 0.292. The third-order valence-corrected chi connectivity index (χ3v) is 4.36. The molecule has 0 atom stereocenters. The van der Waals surface area contributed by atoms with Crippen LogP contribution in [0.15, 0.2) is 35.8 Å². The highest BCUT2D eigenvalue weighted by molar-refractivity contribution is 7.13. The van der Waals surface area contributed by atoms with Crippen LogP contribution < -0.4 is 10.8 Å². The first kappa shape index (κ1) is 17.3. The molecule has 10 heteroatoms. The van der Waals surface area contributed by atoms with Gasteiger partial charge in [0.2, 0.25) is 0 Å². The Morgan fingerprint density at radius 1 is 1.40 bits per heavy atom. The van der Waals surface area contributed by atoms with E-state index in [1.54, 1.807) is 10.1 Å². The zero-order valence-electron chi connectivity index (χ0n) is 13.2. The lowest BCUT2D eigenvalue weighted by Gasteiger charge is -2.07. The number of rotatable bonds is 5. The second kappa shape index (κ2) is 7.13. The monoisotopic (exact) mass is 360 g/mol. The van der Waals surface area contributed by atoms with Crippen LogP contribution in [-0.2, 0) is 13.6 Å². The average molecular weight is 360 g/mol. The van der Waals surface area contributed by atoms with Crippen molar-refractivity contribution in [3.63, 3.8) is 0 Å². The van der Waals surface area contributed by atoms with Gasteiger partial charge in [0.25, 0.3) is 5.91 Å². The Balaban J connectivity index is 1.69. The standard InChI is InChI=1S/C15H14BFN4O3S/c1-21-5-4-13(20-21)15-19-10(8-25-15)7-18-14(22)11-6-9(16(23)24)2-3-12(11)17/h2-6,8,23-24H,7H2,1H3,(H,18,22). The number of benzene rings is 1. The molecular weight excluding hydrogens is 346 g/mol. The van der Waals surface area contributed by atoms with Crippen LogP contribution in [0.3, 0.4) is 0 Å². The van der Waals surface area contributed by atoms with Gasteiger partial charge >= 0.3 is 7.12 Å². The van der Waals surface area contributed by atoms with Crippen LogP contribution in [0, 0.1) is 5.82 Å². The summed E-state index contributed by atoms with van der Waals surface area (Å²) in [5, 5.41) is 27.6. The predicted molar refractivity (Wildman–Crippen MR) is 91.7 cm³/mol. The molecule has 7 nitrogen and oxygen atoms in total. The summed E-state index contributed by atoms with van der Waals surface area (Å²) in [6, 6.07) is 5.17. The van der Waals surface area contributed by atoms with Gasteiger partial charge in [-0.05, 0) is 23.7 Å². The number of nitrogens with zero attached hydrogens (tertiary/aromatic N) is 3. The van der Waals surface area contributed by atoms with E-state index >= 15 is 0 Å². The quantitative estimate of drug-likeness (QED) is 0.568. The minimum Gasteiger partial charge on any atom is -0.423 e. The van der Waals surface area contributed by atoms with Crippen LogP contribution in [0.25, 0.3) is 10.7 Å². The van der Waals surface area contributed by atoms with E-state index in [1.807, 2.05) is 19.3 Å². The molecule has 0 fully saturated rings. The minimum absolute atomic E-state index is 0.0395. The van der Waals surface area contributed by atoms with Crippen LogP contribution in [0.1, 0.15) is 16.1 Å². The Morgan fingerprint density at radius 3 is 2.88 bits per heavy atom. The van der Waals surface area contributed by atoms with Gasteiger partial charge < -0.3 is 15.4 Å². The molecular formula is C15H14BFN4O3S. The van der Waals surface area contributed by atoms with E-state index in [1.165, 1.54) is 17.4 Å². The molecule has 0 aliphatic heterocycles. The smallest absolute Gasteiger partial charge is 0.423 e. The topological polar surface area (TPSA) is 100 Å². The summed E-state index contributed by atoms with van der Waals surface area (Å²) in [6.45, 7) is 0.119. The second-order valence-corrected chi connectivity index (χ2v) is 6.17. The van der Waals surface area contributed by atoms with E-state index in [0.29, 0.717) is 5.69 Å². The van der Waals surface area contributed by atoms with Crippen LogP contribution >= 0.6 is 11.3 Å². The normalized spacial score (nSPS) is 10.7. The molecule has 0 aliphatic rings. The maximum atomic E-state index is 13.8. The van der Waals surface area contributed by atoms with Gasteiger partial charge in [-0.3, -0.25) is 9.48 Å². The van der Waals surface area contributed by atoms with Crippen LogP contribution in [0.2, 0.25) is 0 Å². The number of aromatic nitrogens is 3. The fourth-order valence-electron chi connectivity index (χ4n) is 2.18. The summed E-state index contributed by atoms with van der Waals surface area (Å²) in [7, 11) is 0.0381. The Labute approximate surface area is 146 Å². The molecule has 3 aromatic rings. The van der Waals surface area contributed by atoms with Crippen LogP contribution in [0.4, 0.5) is 4.39 Å². The fourth-order valence-corrected chi connectivity index (χ4v) is 2.96. The first-order valence-corrected chi connectivity index (χ1v) is 8.20. The van der Waals surface area contributed by atoms with Crippen molar-refractivity contribution in [2.24, 2.45) is 7.05 Å². The highest BCUT2D eigenvalue weighted by Gasteiger charge is 2.18. The van der Waals surface area contributed by atoms with Crippen LogP contribution in [0.5, 0.6) is 0 Å². The Hall–Kier alpha value is -2.56. The maximum absolute atomic E-state index is 13.8. The van der Waals surface area contributed by atoms with E-state index in [4.69, 9.17) is 10.0 Å². The molecule has 0 radical (unpaired) electrons. The van der Waals surface area contributed by atoms with Gasteiger partial charge in [0.05, 0.1) is 17.8 Å². The number of halogens is 1. The Morgan fingerprint density at radius 2 is 2.20 bits per heavy atom. The van der Waals surface area contributed by atoms with Gasteiger partial charge in [-0.15, -0.1) is 11.3 Å². The average Bonchev–Trinajstić information content (AvgIpc) is 3.21. The van der Waals surface area contributed by atoms with Gasteiger partial charge in [-0.25, -0.2) is 9.37 Å². The number of amides is 1. The number of carbonyl (C=O) groups is 1. The zero-order chi connectivity index (χ0) is 18.0. The summed E-state index contributed by atoms with van der Waals surface area (Å²) < 4.78 is 15.5. The van der Waals surface area contributed by atoms with Crippen molar-refractivity contribution in [1.82, 2.24) is 20.1 Å². The van der Waals surface area contributed by atoms with Crippen molar-refractivity contribution in [2.45, 2.75) is 6.54 Å². The largest absolute Gasteiger partial charge is 0.488 e. The molecule has 0 saturated carbocycles. The molecule has 2 aromatic heterocycles. The molecule has 3 rings (SSSR count). The van der Waals surface area contributed by atoms with Crippen LogP contribution in [-0.4, -0.2) is 37.8 Å². The number of aryl methyl sites for hydroxylation is 1. The van der Waals surface area contributed by atoms with Gasteiger partial charge in [0, 0.05) is 18.6 Å². The van der Waals surface area contributed by atoms with Crippen molar-refractivity contribution in [1.29, 1.82) is 0 Å². The number of nitrogens with one attached hydrogen (secondary N) is 1. The molecule has 1 amide bonds. The van der Waals surface area contributed by atoms with E-state index in [2.05, 4.69) is 15.4 Å². The minimum atomic E-state index is -1.77. The third-order valence-electron chi connectivity index (χ3n) is 3.45. The summed E-state index contributed by atoms with van der Waals surface area (Å²) in [5.41, 5.74) is 1.14. The van der Waals surface area contributed by atoms with E-state index in [-0.39, 0.29) is 17.6 Å². The van der Waals surface area contributed by atoms with Crippen molar-refractivity contribution in [2.75, 3.05) is 0 Å². The molecule has 0 saturated heterocycles. The number of hydrogen-bond donors (Lipinski definition) is 3. The zero-order valence-corrected chi connectivity index (χ0v) is 14.0. The summed E-state index contributed by atoms with van der Waals surface area (Å²) in [5.74, 6) is -1.40. The Kier molecular flexibility index (Phi) is 4.93. The molecule has 2 heterocycles. The SMILES string of the molecule is Cn1ccc(-c2nc(CNC(=O)c3cc(B(O)O)ccc3F)cs2)n1. The molecule has 3 N–H and O–H groups in total. The highest BCUT2D eigenvalue weighted by atomic mass is 32.1. The molecule has 0 aliphatic carbocycles. The lowest BCUT2D eigenvalue weighted by molar-refractivity contribution is 0.0946. The molecule has 1 aromatic carbocycles. The van der Waals surface area contributed by atoms with Crippen molar-refractivity contribution < 1.29 is 19.2 Å². The summed E-state index contributed by atoms with van der Waals surface area (Å²) in [6.07, 6.45) is 1.81. The van der Waals surface area contributed by atoms with Crippen molar-refractivity contribution >= 4 is 29.8 Å². The lowest BCUT2D eigenvalue weighted by atomic mass is 9.79. The van der Waals surface area contributed by atoms with Crippen molar-refractivity contribution in [3.05, 3.63) is 52.9 Å². The second-order valence-electron chi connectivity index (χ2n) is 5.31. The van der Waals surface area contributed by atoms with Gasteiger partial charge in [0.15, 0.2) is 0 Å². The molecule has 0 spiro atoms.